The van der Waals surface area contributed by atoms with Crippen LogP contribution >= 0.6 is 11.3 Å². The van der Waals surface area contributed by atoms with Crippen molar-refractivity contribution in [2.24, 2.45) is 0 Å². The highest BCUT2D eigenvalue weighted by atomic mass is 32.1. The molecule has 1 unspecified atom stereocenters. The van der Waals surface area contributed by atoms with Gasteiger partial charge >= 0.3 is 0 Å². The minimum Gasteiger partial charge on any atom is -0.465 e. The molecule has 0 fully saturated rings. The number of hydrogen-bond donors (Lipinski definition) is 1. The molecule has 3 nitrogen and oxygen atoms in total. The van der Waals surface area contributed by atoms with Gasteiger partial charge in [0.15, 0.2) is 0 Å². The second-order valence-corrected chi connectivity index (χ2v) is 5.62. The smallest absolute Gasteiger partial charge is 0.117 e. The van der Waals surface area contributed by atoms with Crippen molar-refractivity contribution in [3.8, 4) is 0 Å². The molecule has 2 rings (SSSR count). The van der Waals surface area contributed by atoms with E-state index in [1.807, 2.05) is 19.1 Å². The second kappa shape index (κ2) is 6.18. The summed E-state index contributed by atoms with van der Waals surface area (Å²) in [5.41, 5.74) is 0. The minimum absolute atomic E-state index is 0.418. The van der Waals surface area contributed by atoms with Crippen LogP contribution in [0.3, 0.4) is 0 Å². The number of hydrogen-bond acceptors (Lipinski definition) is 4. The molecule has 18 heavy (non-hydrogen) atoms. The van der Waals surface area contributed by atoms with E-state index < -0.39 is 0 Å². The second-order valence-electron chi connectivity index (χ2n) is 4.64. The minimum atomic E-state index is 0.418. The molecular formula is C14H20N2OS. The first-order valence-electron chi connectivity index (χ1n) is 6.12. The molecule has 1 N–H and O–H groups in total. The molecule has 2 heterocycles. The summed E-state index contributed by atoms with van der Waals surface area (Å²) in [4.78, 5) is 3.63. The molecular weight excluding hydrogens is 244 g/mol. The van der Waals surface area contributed by atoms with Crippen molar-refractivity contribution in [3.05, 3.63) is 46.0 Å². The third kappa shape index (κ3) is 3.45. The maximum Gasteiger partial charge on any atom is 0.117 e. The Hall–Kier alpha value is -1.10. The lowest BCUT2D eigenvalue weighted by Crippen LogP contribution is -2.30. The van der Waals surface area contributed by atoms with Crippen molar-refractivity contribution < 1.29 is 4.42 Å². The Balaban J connectivity index is 1.87. The number of furan rings is 1. The monoisotopic (exact) mass is 264 g/mol. The van der Waals surface area contributed by atoms with Gasteiger partial charge in [-0.3, -0.25) is 0 Å². The van der Waals surface area contributed by atoms with Crippen molar-refractivity contribution in [2.75, 3.05) is 20.6 Å². The van der Waals surface area contributed by atoms with Crippen molar-refractivity contribution >= 4 is 11.3 Å². The predicted octanol–water partition coefficient (Wildman–Crippen LogP) is 3.04. The normalized spacial score (nSPS) is 13.1. The molecule has 0 bridgehead atoms. The van der Waals surface area contributed by atoms with Crippen LogP contribution < -0.4 is 5.32 Å². The number of nitrogens with zero attached hydrogens (tertiary/aromatic N) is 1. The Morgan fingerprint density at radius 2 is 2.17 bits per heavy atom. The topological polar surface area (TPSA) is 28.4 Å². The van der Waals surface area contributed by atoms with E-state index in [1.165, 1.54) is 4.88 Å². The Morgan fingerprint density at radius 3 is 2.72 bits per heavy atom. The molecule has 0 aliphatic carbocycles. The number of thiophene rings is 1. The van der Waals surface area contributed by atoms with Crippen molar-refractivity contribution in [1.82, 2.24) is 10.2 Å². The summed E-state index contributed by atoms with van der Waals surface area (Å²) in [5, 5.41) is 5.58. The van der Waals surface area contributed by atoms with E-state index in [1.54, 1.807) is 11.3 Å². The molecule has 1 atom stereocenters. The molecule has 0 radical (unpaired) electrons. The van der Waals surface area contributed by atoms with E-state index in [-0.39, 0.29) is 0 Å². The van der Waals surface area contributed by atoms with Gasteiger partial charge in [0, 0.05) is 11.4 Å². The maximum absolute atomic E-state index is 5.54. The van der Waals surface area contributed by atoms with Gasteiger partial charge in [-0.25, -0.2) is 0 Å². The fraction of sp³-hybridized carbons (Fsp3) is 0.429. The highest BCUT2D eigenvalue weighted by Gasteiger charge is 2.14. The predicted molar refractivity (Wildman–Crippen MR) is 75.9 cm³/mol. The molecule has 0 saturated heterocycles. The Kier molecular flexibility index (Phi) is 4.58. The van der Waals surface area contributed by atoms with Gasteiger partial charge in [-0.2, -0.15) is 0 Å². The van der Waals surface area contributed by atoms with Crippen LogP contribution in [0, 0.1) is 6.92 Å². The Morgan fingerprint density at radius 1 is 1.33 bits per heavy atom. The van der Waals surface area contributed by atoms with Crippen LogP contribution in [0.5, 0.6) is 0 Å². The highest BCUT2D eigenvalue weighted by Crippen LogP contribution is 2.22. The molecule has 2 aromatic rings. The molecule has 0 saturated carbocycles. The quantitative estimate of drug-likeness (QED) is 0.869. The van der Waals surface area contributed by atoms with Crippen molar-refractivity contribution in [1.29, 1.82) is 0 Å². The summed E-state index contributed by atoms with van der Waals surface area (Å²) in [5.74, 6) is 1.96. The first-order chi connectivity index (χ1) is 8.66. The molecule has 0 spiro atoms. The number of rotatable bonds is 6. The first-order valence-corrected chi connectivity index (χ1v) is 7.00. The standard InChI is InChI=1S/C14H20N2OS/c1-11-6-7-12(17-11)9-15-10-13(16(2)3)14-5-4-8-18-14/h4-8,13,15H,9-10H2,1-3H3. The summed E-state index contributed by atoms with van der Waals surface area (Å²) in [7, 11) is 4.23. The van der Waals surface area contributed by atoms with Crippen LogP contribution in [-0.2, 0) is 6.54 Å². The van der Waals surface area contributed by atoms with E-state index in [4.69, 9.17) is 4.42 Å². The maximum atomic E-state index is 5.54. The van der Waals surface area contributed by atoms with Gasteiger partial charge in [-0.1, -0.05) is 6.07 Å². The number of nitrogens with one attached hydrogen (secondary N) is 1. The summed E-state index contributed by atoms with van der Waals surface area (Å²) >= 11 is 1.80. The molecule has 98 valence electrons. The fourth-order valence-corrected chi connectivity index (χ4v) is 2.85. The van der Waals surface area contributed by atoms with Crippen LogP contribution in [0.1, 0.15) is 22.4 Å². The number of likely N-dealkylation sites (N-methyl/N-ethyl adjacent to an activating group) is 1. The van der Waals surface area contributed by atoms with Crippen LogP contribution in [0.2, 0.25) is 0 Å². The van der Waals surface area contributed by atoms with Crippen molar-refractivity contribution in [3.63, 3.8) is 0 Å². The van der Waals surface area contributed by atoms with E-state index in [9.17, 15) is 0 Å². The van der Waals surface area contributed by atoms with E-state index in [2.05, 4.69) is 41.8 Å². The average Bonchev–Trinajstić information content (AvgIpc) is 2.95. The van der Waals surface area contributed by atoms with Crippen LogP contribution in [0.25, 0.3) is 0 Å². The molecule has 0 aromatic carbocycles. The third-order valence-electron chi connectivity index (χ3n) is 2.93. The molecule has 0 aliphatic heterocycles. The zero-order valence-electron chi connectivity index (χ0n) is 11.1. The van der Waals surface area contributed by atoms with Gasteiger partial charge in [-0.05, 0) is 44.6 Å². The van der Waals surface area contributed by atoms with Crippen LogP contribution in [-0.4, -0.2) is 25.5 Å². The van der Waals surface area contributed by atoms with Gasteiger partial charge in [0.05, 0.1) is 12.6 Å². The largest absolute Gasteiger partial charge is 0.465 e. The SMILES string of the molecule is Cc1ccc(CNCC(c2cccs2)N(C)C)o1. The summed E-state index contributed by atoms with van der Waals surface area (Å²) in [6, 6.07) is 8.74. The highest BCUT2D eigenvalue weighted by molar-refractivity contribution is 7.10. The van der Waals surface area contributed by atoms with Gasteiger partial charge in [0.1, 0.15) is 11.5 Å². The summed E-state index contributed by atoms with van der Waals surface area (Å²) < 4.78 is 5.54. The number of aryl methyl sites for hydroxylation is 1. The van der Waals surface area contributed by atoms with Gasteiger partial charge in [0.2, 0.25) is 0 Å². The fourth-order valence-electron chi connectivity index (χ4n) is 1.93. The van der Waals surface area contributed by atoms with Gasteiger partial charge < -0.3 is 14.6 Å². The molecule has 4 heteroatoms. The lowest BCUT2D eigenvalue weighted by Gasteiger charge is -2.23. The zero-order valence-corrected chi connectivity index (χ0v) is 12.0. The van der Waals surface area contributed by atoms with E-state index in [0.717, 1.165) is 24.6 Å². The van der Waals surface area contributed by atoms with Gasteiger partial charge in [-0.15, -0.1) is 11.3 Å². The van der Waals surface area contributed by atoms with Gasteiger partial charge in [0.25, 0.3) is 0 Å². The first kappa shape index (κ1) is 13.3. The van der Waals surface area contributed by atoms with Crippen LogP contribution in [0.15, 0.2) is 34.1 Å². The summed E-state index contributed by atoms with van der Waals surface area (Å²) in [6.07, 6.45) is 0. The van der Waals surface area contributed by atoms with E-state index >= 15 is 0 Å². The Bertz CT molecular complexity index is 462. The average molecular weight is 264 g/mol. The summed E-state index contributed by atoms with van der Waals surface area (Å²) in [6.45, 7) is 3.68. The third-order valence-corrected chi connectivity index (χ3v) is 3.90. The van der Waals surface area contributed by atoms with E-state index in [0.29, 0.717) is 6.04 Å². The molecule has 2 aromatic heterocycles. The van der Waals surface area contributed by atoms with Crippen LogP contribution in [0.4, 0.5) is 0 Å². The molecule has 0 aliphatic rings. The lowest BCUT2D eigenvalue weighted by molar-refractivity contribution is 0.289. The molecule has 0 amide bonds. The zero-order chi connectivity index (χ0) is 13.0. The van der Waals surface area contributed by atoms with Crippen molar-refractivity contribution in [2.45, 2.75) is 19.5 Å². The Labute approximate surface area is 112 Å². The lowest BCUT2D eigenvalue weighted by atomic mass is 10.2.